The maximum Gasteiger partial charge on any atom is 0.427 e. The molecule has 1 aromatic rings. The molecule has 4 amide bonds. The first-order valence-electron chi connectivity index (χ1n) is 9.62. The van der Waals surface area contributed by atoms with Crippen molar-refractivity contribution >= 4 is 18.0 Å². The van der Waals surface area contributed by atoms with Gasteiger partial charge in [-0.15, -0.1) is 0 Å². The first kappa shape index (κ1) is 20.1. The van der Waals surface area contributed by atoms with Gasteiger partial charge in [-0.25, -0.2) is 15.0 Å². The molecule has 2 fully saturated rings. The van der Waals surface area contributed by atoms with Crippen molar-refractivity contribution in [3.63, 3.8) is 0 Å². The topological polar surface area (TPSA) is 82.2 Å². The van der Waals surface area contributed by atoms with Gasteiger partial charge < -0.3 is 9.64 Å². The van der Waals surface area contributed by atoms with Crippen LogP contribution in [0, 0.1) is 0 Å². The van der Waals surface area contributed by atoms with E-state index in [1.807, 2.05) is 18.2 Å². The third kappa shape index (κ3) is 5.01. The van der Waals surface area contributed by atoms with Gasteiger partial charge in [0.2, 0.25) is 0 Å². The quantitative estimate of drug-likeness (QED) is 0.801. The van der Waals surface area contributed by atoms with Gasteiger partial charge in [-0.2, -0.15) is 5.01 Å². The number of benzene rings is 1. The van der Waals surface area contributed by atoms with E-state index in [-0.39, 0.29) is 12.6 Å². The van der Waals surface area contributed by atoms with Crippen LogP contribution in [-0.2, 0) is 16.1 Å². The molecular formula is C20H28N4O4. The van der Waals surface area contributed by atoms with Crippen molar-refractivity contribution in [2.75, 3.05) is 19.6 Å². The van der Waals surface area contributed by atoms with Gasteiger partial charge in [-0.3, -0.25) is 9.69 Å². The number of nitrogens with one attached hydrogen (secondary N) is 1. The van der Waals surface area contributed by atoms with Crippen LogP contribution in [-0.4, -0.2) is 64.1 Å². The molecule has 0 saturated carbocycles. The Hall–Kier alpha value is -2.61. The number of urea groups is 1. The summed E-state index contributed by atoms with van der Waals surface area (Å²) in [7, 11) is 0. The van der Waals surface area contributed by atoms with Gasteiger partial charge in [0.15, 0.2) is 0 Å². The Morgan fingerprint density at radius 3 is 2.39 bits per heavy atom. The van der Waals surface area contributed by atoms with Crippen LogP contribution in [0.1, 0.15) is 39.2 Å². The van der Waals surface area contributed by atoms with Gasteiger partial charge in [0.25, 0.3) is 5.91 Å². The zero-order chi connectivity index (χ0) is 20.3. The fourth-order valence-electron chi connectivity index (χ4n) is 3.54. The Kier molecular flexibility index (Phi) is 5.88. The fourth-order valence-corrected chi connectivity index (χ4v) is 3.54. The third-order valence-electron chi connectivity index (χ3n) is 4.84. The lowest BCUT2D eigenvalue weighted by atomic mass is 10.0. The van der Waals surface area contributed by atoms with Gasteiger partial charge in [-0.1, -0.05) is 30.3 Å². The molecule has 1 aromatic carbocycles. The van der Waals surface area contributed by atoms with Crippen LogP contribution in [0.15, 0.2) is 30.3 Å². The van der Waals surface area contributed by atoms with Gasteiger partial charge in [0.05, 0.1) is 0 Å². The maximum absolute atomic E-state index is 12.6. The molecule has 0 aliphatic carbocycles. The molecule has 8 heteroatoms. The SMILES string of the molecule is CC(C)(C)OC(=O)NN1C(=O)CN(C2CCN(Cc3ccccc3)CC2)C1=O. The summed E-state index contributed by atoms with van der Waals surface area (Å²) in [5.41, 5.74) is 2.82. The molecule has 0 bridgehead atoms. The lowest BCUT2D eigenvalue weighted by Gasteiger charge is -2.36. The summed E-state index contributed by atoms with van der Waals surface area (Å²) in [5, 5.41) is 0.768. The van der Waals surface area contributed by atoms with E-state index < -0.39 is 23.6 Å². The molecule has 2 aliphatic heterocycles. The monoisotopic (exact) mass is 388 g/mol. The highest BCUT2D eigenvalue weighted by Crippen LogP contribution is 2.22. The van der Waals surface area contributed by atoms with E-state index in [4.69, 9.17) is 4.74 Å². The largest absolute Gasteiger partial charge is 0.443 e. The smallest absolute Gasteiger partial charge is 0.427 e. The van der Waals surface area contributed by atoms with Crippen molar-refractivity contribution in [1.29, 1.82) is 0 Å². The number of piperidine rings is 1. The van der Waals surface area contributed by atoms with Crippen LogP contribution in [0.2, 0.25) is 0 Å². The summed E-state index contributed by atoms with van der Waals surface area (Å²) in [5.74, 6) is -0.442. The second kappa shape index (κ2) is 8.18. The molecule has 3 rings (SSSR count). The van der Waals surface area contributed by atoms with Crippen molar-refractivity contribution in [3.8, 4) is 0 Å². The van der Waals surface area contributed by atoms with Crippen molar-refractivity contribution in [1.82, 2.24) is 20.2 Å². The number of imide groups is 1. The van der Waals surface area contributed by atoms with Crippen LogP contribution in [0.25, 0.3) is 0 Å². The summed E-state index contributed by atoms with van der Waals surface area (Å²) in [6.07, 6.45) is 0.784. The van der Waals surface area contributed by atoms with Crippen molar-refractivity contribution in [2.24, 2.45) is 0 Å². The number of hydrazine groups is 1. The highest BCUT2D eigenvalue weighted by atomic mass is 16.6. The number of amides is 4. The number of ether oxygens (including phenoxy) is 1. The van der Waals surface area contributed by atoms with E-state index in [0.29, 0.717) is 0 Å². The zero-order valence-corrected chi connectivity index (χ0v) is 16.7. The number of rotatable bonds is 4. The van der Waals surface area contributed by atoms with E-state index in [1.54, 1.807) is 25.7 Å². The molecule has 0 unspecified atom stereocenters. The maximum atomic E-state index is 12.6. The molecule has 2 heterocycles. The van der Waals surface area contributed by atoms with E-state index in [2.05, 4.69) is 22.5 Å². The number of carbonyl (C=O) groups is 3. The van der Waals surface area contributed by atoms with Gasteiger partial charge in [0, 0.05) is 25.7 Å². The number of carbonyl (C=O) groups excluding carboxylic acids is 3. The molecule has 0 atom stereocenters. The first-order valence-corrected chi connectivity index (χ1v) is 9.62. The average molecular weight is 388 g/mol. The minimum Gasteiger partial charge on any atom is -0.443 e. The predicted octanol–water partition coefficient (Wildman–Crippen LogP) is 2.35. The van der Waals surface area contributed by atoms with E-state index in [9.17, 15) is 14.4 Å². The molecule has 2 saturated heterocycles. The van der Waals surface area contributed by atoms with Crippen molar-refractivity contribution < 1.29 is 19.1 Å². The highest BCUT2D eigenvalue weighted by molar-refractivity contribution is 6.03. The molecular weight excluding hydrogens is 360 g/mol. The number of hydrogen-bond acceptors (Lipinski definition) is 5. The average Bonchev–Trinajstić information content (AvgIpc) is 2.90. The van der Waals surface area contributed by atoms with Crippen molar-refractivity contribution in [2.45, 2.75) is 51.8 Å². The fraction of sp³-hybridized carbons (Fsp3) is 0.550. The molecule has 152 valence electrons. The molecule has 8 nitrogen and oxygen atoms in total. The van der Waals surface area contributed by atoms with E-state index in [1.165, 1.54) is 5.56 Å². The van der Waals surface area contributed by atoms with Crippen LogP contribution < -0.4 is 5.43 Å². The van der Waals surface area contributed by atoms with Crippen LogP contribution in [0.5, 0.6) is 0 Å². The van der Waals surface area contributed by atoms with Gasteiger partial charge >= 0.3 is 12.1 Å². The minimum atomic E-state index is -0.811. The lowest BCUT2D eigenvalue weighted by Crippen LogP contribution is -2.50. The summed E-state index contributed by atoms with van der Waals surface area (Å²) >= 11 is 0. The molecule has 0 aromatic heterocycles. The summed E-state index contributed by atoms with van der Waals surface area (Å²) in [6, 6.07) is 9.78. The number of likely N-dealkylation sites (tertiary alicyclic amines) is 1. The van der Waals surface area contributed by atoms with Gasteiger partial charge in [-0.05, 0) is 39.2 Å². The molecule has 28 heavy (non-hydrogen) atoms. The third-order valence-corrected chi connectivity index (χ3v) is 4.84. The number of hydrogen-bond donors (Lipinski definition) is 1. The first-order chi connectivity index (χ1) is 13.2. The normalized spacial score (nSPS) is 19.2. The van der Waals surface area contributed by atoms with Crippen LogP contribution >= 0.6 is 0 Å². The minimum absolute atomic E-state index is 0.00564. The Morgan fingerprint density at radius 1 is 1.14 bits per heavy atom. The zero-order valence-electron chi connectivity index (χ0n) is 16.7. The standard InChI is InChI=1S/C20H28N4O4/c1-20(2,3)28-18(26)21-24-17(25)14-23(19(24)27)16-9-11-22(12-10-16)13-15-7-5-4-6-8-15/h4-8,16H,9-14H2,1-3H3,(H,21,26). The molecule has 0 radical (unpaired) electrons. The Morgan fingerprint density at radius 2 is 1.79 bits per heavy atom. The number of nitrogens with zero attached hydrogens (tertiary/aromatic N) is 3. The van der Waals surface area contributed by atoms with Crippen molar-refractivity contribution in [3.05, 3.63) is 35.9 Å². The summed E-state index contributed by atoms with van der Waals surface area (Å²) in [4.78, 5) is 40.7. The summed E-state index contributed by atoms with van der Waals surface area (Å²) < 4.78 is 5.13. The van der Waals surface area contributed by atoms with Crippen LogP contribution in [0.3, 0.4) is 0 Å². The second-order valence-corrected chi connectivity index (χ2v) is 8.25. The Bertz CT molecular complexity index is 723. The Labute approximate surface area is 165 Å². The second-order valence-electron chi connectivity index (χ2n) is 8.25. The molecule has 1 N–H and O–H groups in total. The van der Waals surface area contributed by atoms with Crippen LogP contribution in [0.4, 0.5) is 9.59 Å². The lowest BCUT2D eigenvalue weighted by molar-refractivity contribution is -0.127. The predicted molar refractivity (Wildman–Crippen MR) is 103 cm³/mol. The van der Waals surface area contributed by atoms with E-state index >= 15 is 0 Å². The highest BCUT2D eigenvalue weighted by Gasteiger charge is 2.42. The molecule has 0 spiro atoms. The summed E-state index contributed by atoms with van der Waals surface area (Å²) in [6.45, 7) is 7.74. The van der Waals surface area contributed by atoms with E-state index in [0.717, 1.165) is 37.5 Å². The molecule has 2 aliphatic rings. The van der Waals surface area contributed by atoms with Gasteiger partial charge in [0.1, 0.15) is 12.1 Å². The Balaban J connectivity index is 1.52.